The largest absolute Gasteiger partial charge is 0.461 e. The molecule has 0 aromatic rings. The van der Waals surface area contributed by atoms with Crippen LogP contribution in [-0.2, 0) is 14.3 Å². The van der Waals surface area contributed by atoms with Gasteiger partial charge >= 0.3 is 5.97 Å². The van der Waals surface area contributed by atoms with Crippen LogP contribution in [0.15, 0.2) is 16.3 Å². The third kappa shape index (κ3) is 4.42. The third-order valence-electron chi connectivity index (χ3n) is 4.51. The lowest BCUT2D eigenvalue weighted by molar-refractivity contribution is -0.138. The molecule has 22 heavy (non-hydrogen) atoms. The highest BCUT2D eigenvalue weighted by atomic mass is 16.5. The van der Waals surface area contributed by atoms with Crippen LogP contribution in [0.1, 0.15) is 58.3 Å². The fourth-order valence-electron chi connectivity index (χ4n) is 3.19. The highest BCUT2D eigenvalue weighted by Gasteiger charge is 2.23. The van der Waals surface area contributed by atoms with Crippen LogP contribution in [0.3, 0.4) is 0 Å². The highest BCUT2D eigenvalue weighted by molar-refractivity contribution is 6.07. The minimum absolute atomic E-state index is 0.223. The molecule has 2 rings (SSSR count). The van der Waals surface area contributed by atoms with Gasteiger partial charge in [-0.25, -0.2) is 4.79 Å². The zero-order valence-electron chi connectivity index (χ0n) is 13.4. The molecule has 0 aromatic heterocycles. The Morgan fingerprint density at radius 1 is 1.27 bits per heavy atom. The van der Waals surface area contributed by atoms with Gasteiger partial charge in [0.1, 0.15) is 11.5 Å². The smallest absolute Gasteiger partial charge is 0.354 e. The molecule has 2 saturated carbocycles. The van der Waals surface area contributed by atoms with Gasteiger partial charge in [-0.2, -0.15) is 0 Å². The van der Waals surface area contributed by atoms with E-state index in [1.165, 1.54) is 0 Å². The van der Waals surface area contributed by atoms with Crippen molar-refractivity contribution >= 4 is 17.5 Å². The van der Waals surface area contributed by atoms with Crippen molar-refractivity contribution in [2.45, 2.75) is 58.3 Å². The fraction of sp³-hybridized carbons (Fsp3) is 0.706. The zero-order valence-corrected chi connectivity index (χ0v) is 13.4. The number of rotatable bonds is 5. The number of carbonyl (C=O) groups is 2. The van der Waals surface area contributed by atoms with Crippen molar-refractivity contribution in [3.63, 3.8) is 0 Å². The van der Waals surface area contributed by atoms with Gasteiger partial charge in [-0.05, 0) is 51.4 Å². The van der Waals surface area contributed by atoms with E-state index in [0.717, 1.165) is 69.2 Å². The van der Waals surface area contributed by atoms with Gasteiger partial charge in [0.2, 0.25) is 0 Å². The van der Waals surface area contributed by atoms with Crippen molar-refractivity contribution in [3.8, 4) is 0 Å². The number of allylic oxidation sites excluding steroid dienone is 1. The Hall–Kier alpha value is -1.65. The van der Waals surface area contributed by atoms with Gasteiger partial charge in [-0.15, -0.1) is 0 Å². The number of aliphatic imine (C=N–C) groups is 1. The summed E-state index contributed by atoms with van der Waals surface area (Å²) in [6.07, 6.45) is 7.15. The molecule has 0 saturated heterocycles. The van der Waals surface area contributed by atoms with E-state index in [9.17, 15) is 9.59 Å². The maximum absolute atomic E-state index is 11.7. The minimum atomic E-state index is -0.433. The molecule has 2 aliphatic rings. The van der Waals surface area contributed by atoms with E-state index in [4.69, 9.17) is 10.5 Å². The number of ketones is 1. The first-order valence-electron chi connectivity index (χ1n) is 8.33. The van der Waals surface area contributed by atoms with E-state index in [1.807, 2.05) is 0 Å². The first-order valence-corrected chi connectivity index (χ1v) is 8.33. The maximum Gasteiger partial charge on any atom is 0.354 e. The highest BCUT2D eigenvalue weighted by Crippen LogP contribution is 2.26. The molecule has 0 amide bonds. The van der Waals surface area contributed by atoms with Crippen LogP contribution in [0, 0.1) is 5.92 Å². The molecule has 5 heteroatoms. The quantitative estimate of drug-likeness (QED) is 0.625. The second-order valence-electron chi connectivity index (χ2n) is 6.07. The van der Waals surface area contributed by atoms with Gasteiger partial charge in [0.05, 0.1) is 6.61 Å². The molecule has 2 fully saturated rings. The van der Waals surface area contributed by atoms with E-state index in [0.29, 0.717) is 18.3 Å². The maximum atomic E-state index is 11.7. The van der Waals surface area contributed by atoms with E-state index >= 15 is 0 Å². The van der Waals surface area contributed by atoms with Crippen molar-refractivity contribution < 1.29 is 14.3 Å². The molecule has 0 atom stereocenters. The second kappa shape index (κ2) is 8.11. The summed E-state index contributed by atoms with van der Waals surface area (Å²) in [5, 5.41) is 0. The third-order valence-corrected chi connectivity index (χ3v) is 4.51. The van der Waals surface area contributed by atoms with Crippen molar-refractivity contribution in [3.05, 3.63) is 11.3 Å². The SMILES string of the molecule is CCOC(=O)/C(N)=C1\CCCC1=NCCC1CCC(=O)CC1. The summed E-state index contributed by atoms with van der Waals surface area (Å²) in [6.45, 7) is 2.86. The summed E-state index contributed by atoms with van der Waals surface area (Å²) >= 11 is 0. The van der Waals surface area contributed by atoms with Gasteiger partial charge in [0, 0.05) is 30.7 Å². The Kier molecular flexibility index (Phi) is 6.16. The summed E-state index contributed by atoms with van der Waals surface area (Å²) < 4.78 is 4.97. The van der Waals surface area contributed by atoms with Gasteiger partial charge in [0.15, 0.2) is 0 Å². The molecule has 122 valence electrons. The number of ether oxygens (including phenoxy) is 1. The van der Waals surface area contributed by atoms with Crippen molar-refractivity contribution in [1.82, 2.24) is 0 Å². The Bertz CT molecular complexity index is 484. The summed E-state index contributed by atoms with van der Waals surface area (Å²) in [6, 6.07) is 0. The molecule has 0 aromatic carbocycles. The molecule has 0 aliphatic heterocycles. The molecule has 0 radical (unpaired) electrons. The van der Waals surface area contributed by atoms with Crippen LogP contribution in [-0.4, -0.2) is 30.6 Å². The van der Waals surface area contributed by atoms with Crippen LogP contribution in [0.5, 0.6) is 0 Å². The molecule has 0 heterocycles. The topological polar surface area (TPSA) is 81.8 Å². The standard InChI is InChI=1S/C17H26N2O3/c1-2-22-17(21)16(18)14-4-3-5-15(14)19-11-10-12-6-8-13(20)9-7-12/h12H,2-11,18H2,1H3/b16-14-,19-15?. The average Bonchev–Trinajstić information content (AvgIpc) is 2.97. The Morgan fingerprint density at radius 2 is 2.00 bits per heavy atom. The fourth-order valence-corrected chi connectivity index (χ4v) is 3.19. The number of hydrogen-bond acceptors (Lipinski definition) is 5. The van der Waals surface area contributed by atoms with Gasteiger partial charge in [-0.3, -0.25) is 9.79 Å². The Labute approximate surface area is 132 Å². The van der Waals surface area contributed by atoms with Crippen molar-refractivity contribution in [2.24, 2.45) is 16.6 Å². The number of nitrogens with two attached hydrogens (primary N) is 1. The molecule has 5 nitrogen and oxygen atoms in total. The predicted octanol–water partition coefficient (Wildman–Crippen LogP) is 2.54. The van der Waals surface area contributed by atoms with Crippen LogP contribution in [0.2, 0.25) is 0 Å². The van der Waals surface area contributed by atoms with Crippen LogP contribution < -0.4 is 5.73 Å². The molecule has 0 bridgehead atoms. The van der Waals surface area contributed by atoms with Crippen molar-refractivity contribution in [2.75, 3.05) is 13.2 Å². The monoisotopic (exact) mass is 306 g/mol. The van der Waals surface area contributed by atoms with Crippen LogP contribution in [0.4, 0.5) is 0 Å². The van der Waals surface area contributed by atoms with Crippen LogP contribution >= 0.6 is 0 Å². The van der Waals surface area contributed by atoms with E-state index in [2.05, 4.69) is 4.99 Å². The van der Waals surface area contributed by atoms with Gasteiger partial charge in [-0.1, -0.05) is 0 Å². The number of Topliss-reactive ketones (excluding diaryl/α,β-unsaturated/α-hetero) is 1. The van der Waals surface area contributed by atoms with Gasteiger partial charge in [0.25, 0.3) is 0 Å². The summed E-state index contributed by atoms with van der Waals surface area (Å²) in [5.74, 6) is 0.571. The number of nitrogens with zero attached hydrogens (tertiary/aromatic N) is 1. The number of esters is 1. The van der Waals surface area contributed by atoms with E-state index < -0.39 is 5.97 Å². The molecule has 0 unspecified atom stereocenters. The average molecular weight is 306 g/mol. The molecule has 2 aliphatic carbocycles. The summed E-state index contributed by atoms with van der Waals surface area (Å²) in [4.78, 5) is 27.6. The van der Waals surface area contributed by atoms with Crippen LogP contribution in [0.25, 0.3) is 0 Å². The Morgan fingerprint density at radius 3 is 2.68 bits per heavy atom. The molecule has 2 N–H and O–H groups in total. The molecular formula is C17H26N2O3. The summed E-state index contributed by atoms with van der Waals surface area (Å²) in [7, 11) is 0. The first kappa shape index (κ1) is 16.7. The van der Waals surface area contributed by atoms with Gasteiger partial charge < -0.3 is 10.5 Å². The Balaban J connectivity index is 1.91. The summed E-state index contributed by atoms with van der Waals surface area (Å²) in [5.41, 5.74) is 7.98. The lowest BCUT2D eigenvalue weighted by Crippen LogP contribution is -2.19. The number of hydrogen-bond donors (Lipinski definition) is 1. The lowest BCUT2D eigenvalue weighted by Gasteiger charge is -2.19. The second-order valence-corrected chi connectivity index (χ2v) is 6.07. The van der Waals surface area contributed by atoms with Crippen molar-refractivity contribution in [1.29, 1.82) is 0 Å². The minimum Gasteiger partial charge on any atom is -0.461 e. The lowest BCUT2D eigenvalue weighted by atomic mass is 9.86. The predicted molar refractivity (Wildman–Crippen MR) is 85.6 cm³/mol. The normalized spacial score (nSPS) is 23.9. The molecular weight excluding hydrogens is 280 g/mol. The molecule has 0 spiro atoms. The van der Waals surface area contributed by atoms with E-state index in [-0.39, 0.29) is 5.70 Å². The zero-order chi connectivity index (χ0) is 15.9. The first-order chi connectivity index (χ1) is 10.6. The van der Waals surface area contributed by atoms with E-state index in [1.54, 1.807) is 6.92 Å². The number of carbonyl (C=O) groups excluding carboxylic acids is 2.